The lowest BCUT2D eigenvalue weighted by molar-refractivity contribution is 0.932. The van der Waals surface area contributed by atoms with Crippen molar-refractivity contribution < 1.29 is 0 Å². The Morgan fingerprint density at radius 1 is 0.444 bits per heavy atom. The Hall–Kier alpha value is -4.00. The molecule has 0 bridgehead atoms. The van der Waals surface area contributed by atoms with Crippen LogP contribution in [0.3, 0.4) is 0 Å². The molecule has 0 aromatic heterocycles. The fourth-order valence-electron chi connectivity index (χ4n) is 4.42. The van der Waals surface area contributed by atoms with Gasteiger partial charge in [-0.25, -0.2) is 0 Å². The van der Waals surface area contributed by atoms with Gasteiger partial charge in [0.05, 0.1) is 0 Å². The van der Waals surface area contributed by atoms with Gasteiger partial charge in [0.15, 0.2) is 10.2 Å². The Balaban J connectivity index is 1.42. The van der Waals surface area contributed by atoms with Gasteiger partial charge < -0.3 is 21.3 Å². The van der Waals surface area contributed by atoms with E-state index < -0.39 is 0 Å². The maximum absolute atomic E-state index is 5.58. The van der Waals surface area contributed by atoms with Crippen LogP contribution in [0.15, 0.2) is 109 Å². The number of nitrogens with one attached hydrogen (secondary N) is 4. The molecule has 0 atom stereocenters. The van der Waals surface area contributed by atoms with Crippen molar-refractivity contribution in [2.75, 3.05) is 10.6 Å². The quantitative estimate of drug-likeness (QED) is 0.147. The first kappa shape index (κ1) is 23.7. The molecule has 0 radical (unpaired) electrons. The summed E-state index contributed by atoms with van der Waals surface area (Å²) in [6.45, 7) is 1.22. The van der Waals surface area contributed by atoms with Crippen LogP contribution in [-0.4, -0.2) is 10.2 Å². The first-order valence-corrected chi connectivity index (χ1v) is 12.6. The molecule has 0 heterocycles. The minimum atomic E-state index is 0.595. The minimum absolute atomic E-state index is 0.595. The van der Waals surface area contributed by atoms with E-state index in [4.69, 9.17) is 24.4 Å². The van der Waals surface area contributed by atoms with Crippen molar-refractivity contribution in [1.82, 2.24) is 10.6 Å². The van der Waals surface area contributed by atoms with E-state index in [0.29, 0.717) is 23.3 Å². The van der Waals surface area contributed by atoms with Crippen LogP contribution in [0.5, 0.6) is 0 Å². The molecular formula is C30H26N4S2. The average Bonchev–Trinajstić information content (AvgIpc) is 2.91. The van der Waals surface area contributed by atoms with Gasteiger partial charge in [0.2, 0.25) is 0 Å². The summed E-state index contributed by atoms with van der Waals surface area (Å²) in [6.07, 6.45) is 0. The highest BCUT2D eigenvalue weighted by molar-refractivity contribution is 7.80. The number of hydrogen-bond acceptors (Lipinski definition) is 2. The van der Waals surface area contributed by atoms with Crippen LogP contribution in [0.25, 0.3) is 21.5 Å². The van der Waals surface area contributed by atoms with Gasteiger partial charge in [0.1, 0.15) is 0 Å². The normalized spacial score (nSPS) is 10.7. The third-order valence-electron chi connectivity index (χ3n) is 6.07. The van der Waals surface area contributed by atoms with Gasteiger partial charge in [-0.2, -0.15) is 0 Å². The molecule has 5 rings (SSSR count). The molecule has 5 aromatic carbocycles. The van der Waals surface area contributed by atoms with Crippen molar-refractivity contribution in [3.8, 4) is 0 Å². The first-order chi connectivity index (χ1) is 17.7. The van der Waals surface area contributed by atoms with E-state index in [1.54, 1.807) is 0 Å². The van der Waals surface area contributed by atoms with Crippen LogP contribution >= 0.6 is 24.4 Å². The summed E-state index contributed by atoms with van der Waals surface area (Å²) in [5.41, 5.74) is 4.36. The summed E-state index contributed by atoms with van der Waals surface area (Å²) in [4.78, 5) is 0. The van der Waals surface area contributed by atoms with Crippen molar-refractivity contribution in [2.45, 2.75) is 13.1 Å². The highest BCUT2D eigenvalue weighted by Crippen LogP contribution is 2.33. The SMILES string of the molecule is S=C(NCc1c2ccccc2c(CNC(=S)Nc2ccccc2)c2ccccc12)Nc1ccccc1. The molecular weight excluding hydrogens is 480 g/mol. The Morgan fingerprint density at radius 3 is 1.08 bits per heavy atom. The molecule has 4 N–H and O–H groups in total. The number of fused-ring (bicyclic) bond motifs is 2. The van der Waals surface area contributed by atoms with E-state index in [1.807, 2.05) is 60.7 Å². The topological polar surface area (TPSA) is 48.1 Å². The predicted octanol–water partition coefficient (Wildman–Crippen LogP) is 6.97. The van der Waals surface area contributed by atoms with E-state index in [1.165, 1.54) is 32.7 Å². The lowest BCUT2D eigenvalue weighted by Crippen LogP contribution is -2.29. The smallest absolute Gasteiger partial charge is 0.171 e. The molecule has 178 valence electrons. The second-order valence-corrected chi connectivity index (χ2v) is 9.21. The summed E-state index contributed by atoms with van der Waals surface area (Å²) in [6, 6.07) is 36.9. The molecule has 5 aromatic rings. The van der Waals surface area contributed by atoms with Crippen molar-refractivity contribution in [1.29, 1.82) is 0 Å². The zero-order chi connectivity index (χ0) is 24.7. The molecule has 0 unspecified atom stereocenters. The van der Waals surface area contributed by atoms with Gasteiger partial charge in [0.25, 0.3) is 0 Å². The number of benzene rings is 5. The molecule has 0 aliphatic rings. The molecule has 0 aliphatic heterocycles. The standard InChI is InChI=1S/C30H26N4S2/c35-29(33-21-11-3-1-4-12-21)31-19-27-23-15-7-9-17-25(23)28(26-18-10-8-16-24(26)27)20-32-30(36)34-22-13-5-2-6-14-22/h1-18H,19-20H2,(H2,31,33,35)(H2,32,34,36). The zero-order valence-corrected chi connectivity index (χ0v) is 21.3. The third kappa shape index (κ3) is 5.46. The third-order valence-corrected chi connectivity index (χ3v) is 6.56. The van der Waals surface area contributed by atoms with Crippen LogP contribution in [0.1, 0.15) is 11.1 Å². The van der Waals surface area contributed by atoms with Crippen LogP contribution < -0.4 is 21.3 Å². The summed E-state index contributed by atoms with van der Waals surface area (Å²) >= 11 is 11.2. The largest absolute Gasteiger partial charge is 0.358 e. The molecule has 0 amide bonds. The number of hydrogen-bond donors (Lipinski definition) is 4. The summed E-state index contributed by atoms with van der Waals surface area (Å²) in [5.74, 6) is 0. The maximum Gasteiger partial charge on any atom is 0.171 e. The van der Waals surface area contributed by atoms with E-state index in [-0.39, 0.29) is 0 Å². The van der Waals surface area contributed by atoms with E-state index in [9.17, 15) is 0 Å². The number of thiocarbonyl (C=S) groups is 2. The van der Waals surface area contributed by atoms with Gasteiger partial charge in [-0.3, -0.25) is 0 Å². The van der Waals surface area contributed by atoms with Crippen molar-refractivity contribution >= 4 is 67.6 Å². The first-order valence-electron chi connectivity index (χ1n) is 11.8. The van der Waals surface area contributed by atoms with Crippen LogP contribution in [0.4, 0.5) is 11.4 Å². The van der Waals surface area contributed by atoms with E-state index >= 15 is 0 Å². The van der Waals surface area contributed by atoms with Crippen molar-refractivity contribution in [3.05, 3.63) is 120 Å². The molecule has 4 nitrogen and oxygen atoms in total. The lowest BCUT2D eigenvalue weighted by Gasteiger charge is -2.19. The minimum Gasteiger partial charge on any atom is -0.358 e. The second kappa shape index (κ2) is 11.2. The second-order valence-electron chi connectivity index (χ2n) is 8.40. The maximum atomic E-state index is 5.58. The van der Waals surface area contributed by atoms with Gasteiger partial charge >= 0.3 is 0 Å². The van der Waals surface area contributed by atoms with Gasteiger partial charge in [-0.1, -0.05) is 84.9 Å². The number of anilines is 2. The van der Waals surface area contributed by atoms with Gasteiger partial charge in [0, 0.05) is 24.5 Å². The van der Waals surface area contributed by atoms with Gasteiger partial charge in [-0.05, 0) is 81.4 Å². The zero-order valence-electron chi connectivity index (χ0n) is 19.6. The molecule has 0 fully saturated rings. The molecule has 6 heteroatoms. The highest BCUT2D eigenvalue weighted by atomic mass is 32.1. The van der Waals surface area contributed by atoms with Crippen LogP contribution in [-0.2, 0) is 13.1 Å². The Bertz CT molecular complexity index is 1350. The van der Waals surface area contributed by atoms with Gasteiger partial charge in [-0.15, -0.1) is 0 Å². The molecule has 0 aliphatic carbocycles. The molecule has 0 spiro atoms. The summed E-state index contributed by atoms with van der Waals surface area (Å²) in [5, 5.41) is 19.3. The Morgan fingerprint density at radius 2 is 0.750 bits per heavy atom. The van der Waals surface area contributed by atoms with Crippen LogP contribution in [0.2, 0.25) is 0 Å². The Labute approximate surface area is 221 Å². The highest BCUT2D eigenvalue weighted by Gasteiger charge is 2.14. The molecule has 0 saturated heterocycles. The summed E-state index contributed by atoms with van der Waals surface area (Å²) < 4.78 is 0. The lowest BCUT2D eigenvalue weighted by atomic mass is 9.91. The fourth-order valence-corrected chi connectivity index (χ4v) is 4.80. The number of para-hydroxylation sites is 2. The Kier molecular flexibility index (Phi) is 7.36. The molecule has 36 heavy (non-hydrogen) atoms. The van der Waals surface area contributed by atoms with E-state index in [2.05, 4.69) is 69.8 Å². The average molecular weight is 507 g/mol. The molecule has 0 saturated carbocycles. The summed E-state index contributed by atoms with van der Waals surface area (Å²) in [7, 11) is 0. The fraction of sp³-hybridized carbons (Fsp3) is 0.0667. The monoisotopic (exact) mass is 506 g/mol. The van der Waals surface area contributed by atoms with Crippen LogP contribution in [0, 0.1) is 0 Å². The predicted molar refractivity (Wildman–Crippen MR) is 160 cm³/mol. The van der Waals surface area contributed by atoms with Crippen molar-refractivity contribution in [3.63, 3.8) is 0 Å². The van der Waals surface area contributed by atoms with Crippen molar-refractivity contribution in [2.24, 2.45) is 0 Å². The van der Waals surface area contributed by atoms with E-state index in [0.717, 1.165) is 11.4 Å². The number of rotatable bonds is 6.